The van der Waals surface area contributed by atoms with Crippen LogP contribution in [0.4, 0.5) is 0 Å². The van der Waals surface area contributed by atoms with Gasteiger partial charge in [-0.3, -0.25) is 4.79 Å². The molecule has 2 N–H and O–H groups in total. The number of hydrogen-bond donors (Lipinski definition) is 1. The van der Waals surface area contributed by atoms with Gasteiger partial charge in [-0.1, -0.05) is 64.4 Å². The third kappa shape index (κ3) is 10.0. The minimum atomic E-state index is -0.349. The Morgan fingerprint density at radius 2 is 1.40 bits per heavy atom. The minimum Gasteiger partial charge on any atom is -0.373 e. The molecular weight excluding hydrogens is 250 g/mol. The fraction of sp³-hybridized carbons (Fsp3) is 0.824. The highest BCUT2D eigenvalue weighted by Crippen LogP contribution is 2.18. The second kappa shape index (κ2) is 10.9. The highest BCUT2D eigenvalue weighted by molar-refractivity contribution is 5.91. The first kappa shape index (κ1) is 17.2. The van der Waals surface area contributed by atoms with Crippen molar-refractivity contribution in [3.05, 3.63) is 12.2 Å². The van der Waals surface area contributed by atoms with Crippen molar-refractivity contribution < 1.29 is 9.53 Å². The molecule has 1 atom stereocenters. The van der Waals surface area contributed by atoms with Gasteiger partial charge in [-0.25, -0.2) is 0 Å². The van der Waals surface area contributed by atoms with Gasteiger partial charge in [0, 0.05) is 5.57 Å². The Morgan fingerprint density at radius 3 is 1.85 bits per heavy atom. The Kier molecular flexibility index (Phi) is 9.38. The molecule has 0 bridgehead atoms. The van der Waals surface area contributed by atoms with E-state index < -0.39 is 0 Å². The highest BCUT2D eigenvalue weighted by Gasteiger charge is 2.20. The maximum Gasteiger partial charge on any atom is 0.244 e. The third-order valence-electron chi connectivity index (χ3n) is 4.01. The van der Waals surface area contributed by atoms with E-state index in [4.69, 9.17) is 10.5 Å². The topological polar surface area (TPSA) is 55.6 Å². The summed E-state index contributed by atoms with van der Waals surface area (Å²) in [4.78, 5) is 10.8. The van der Waals surface area contributed by atoms with Gasteiger partial charge in [0.25, 0.3) is 0 Å². The van der Waals surface area contributed by atoms with E-state index in [1.54, 1.807) is 0 Å². The first-order chi connectivity index (χ1) is 9.70. The second-order valence-electron chi connectivity index (χ2n) is 6.00. The summed E-state index contributed by atoms with van der Waals surface area (Å²) in [5.41, 5.74) is 5.71. The molecule has 20 heavy (non-hydrogen) atoms. The van der Waals surface area contributed by atoms with Crippen molar-refractivity contribution in [2.45, 2.75) is 83.2 Å². The third-order valence-corrected chi connectivity index (χ3v) is 4.01. The molecule has 1 amide bonds. The molecule has 1 heterocycles. The van der Waals surface area contributed by atoms with E-state index in [1.165, 1.54) is 64.2 Å². The molecule has 3 nitrogen and oxygen atoms in total. The van der Waals surface area contributed by atoms with Crippen LogP contribution in [-0.2, 0) is 9.53 Å². The molecule has 1 fully saturated rings. The lowest BCUT2D eigenvalue weighted by atomic mass is 10.0. The van der Waals surface area contributed by atoms with E-state index in [2.05, 4.69) is 6.58 Å². The van der Waals surface area contributed by atoms with Crippen LogP contribution in [0.15, 0.2) is 12.2 Å². The minimum absolute atomic E-state index is 0.349. The lowest BCUT2D eigenvalue weighted by molar-refractivity contribution is -0.114. The molecule has 0 aromatic heterocycles. The molecule has 0 saturated carbocycles. The van der Waals surface area contributed by atoms with Crippen LogP contribution >= 0.6 is 0 Å². The van der Waals surface area contributed by atoms with Gasteiger partial charge < -0.3 is 10.5 Å². The van der Waals surface area contributed by atoms with Crippen LogP contribution in [-0.4, -0.2) is 18.6 Å². The number of primary amides is 1. The molecule has 1 unspecified atom stereocenters. The zero-order chi connectivity index (χ0) is 14.6. The lowest BCUT2D eigenvalue weighted by Gasteiger charge is -2.03. The number of epoxide rings is 1. The zero-order valence-electron chi connectivity index (χ0n) is 12.9. The number of carbonyl (C=O) groups is 1. The Hall–Kier alpha value is -0.830. The molecule has 0 spiro atoms. The number of amides is 1. The maximum atomic E-state index is 10.8. The van der Waals surface area contributed by atoms with Crippen molar-refractivity contribution in [2.24, 2.45) is 5.73 Å². The summed E-state index contributed by atoms with van der Waals surface area (Å²) in [6.07, 6.45) is 15.7. The molecular formula is C17H31NO2. The average Bonchev–Trinajstić information content (AvgIpc) is 3.23. The zero-order valence-corrected chi connectivity index (χ0v) is 12.9. The molecule has 1 saturated heterocycles. The standard InChI is InChI=1S/C17H31NO2/c1-15(17(18)19)12-10-8-6-4-2-3-5-7-9-11-13-16-14-20-16/h16H,1-14H2,(H2,18,19). The van der Waals surface area contributed by atoms with Crippen LogP contribution < -0.4 is 5.73 Å². The largest absolute Gasteiger partial charge is 0.373 e. The molecule has 116 valence electrons. The number of carbonyl (C=O) groups excluding carboxylic acids is 1. The SMILES string of the molecule is C=C(CCCCCCCCCCCCC1CO1)C(N)=O. The molecule has 0 aromatic carbocycles. The lowest BCUT2D eigenvalue weighted by Crippen LogP contribution is -2.12. The Morgan fingerprint density at radius 1 is 0.950 bits per heavy atom. The van der Waals surface area contributed by atoms with E-state index in [-0.39, 0.29) is 5.91 Å². The van der Waals surface area contributed by atoms with E-state index in [0.717, 1.165) is 19.4 Å². The van der Waals surface area contributed by atoms with Gasteiger partial charge in [0.15, 0.2) is 0 Å². The second-order valence-corrected chi connectivity index (χ2v) is 6.00. The normalized spacial score (nSPS) is 17.1. The smallest absolute Gasteiger partial charge is 0.244 e. The van der Waals surface area contributed by atoms with Gasteiger partial charge in [-0.05, 0) is 19.3 Å². The van der Waals surface area contributed by atoms with Gasteiger partial charge >= 0.3 is 0 Å². The van der Waals surface area contributed by atoms with Gasteiger partial charge in [-0.2, -0.15) is 0 Å². The monoisotopic (exact) mass is 281 g/mol. The molecule has 3 heteroatoms. The highest BCUT2D eigenvalue weighted by atomic mass is 16.6. The summed E-state index contributed by atoms with van der Waals surface area (Å²) in [7, 11) is 0. The summed E-state index contributed by atoms with van der Waals surface area (Å²) in [5.74, 6) is -0.349. The summed E-state index contributed by atoms with van der Waals surface area (Å²) in [6.45, 7) is 4.68. The number of hydrogen-bond acceptors (Lipinski definition) is 2. The van der Waals surface area contributed by atoms with E-state index in [9.17, 15) is 4.79 Å². The van der Waals surface area contributed by atoms with Crippen molar-refractivity contribution in [2.75, 3.05) is 6.61 Å². The maximum absolute atomic E-state index is 10.8. The van der Waals surface area contributed by atoms with Crippen molar-refractivity contribution in [1.29, 1.82) is 0 Å². The van der Waals surface area contributed by atoms with Crippen molar-refractivity contribution in [3.63, 3.8) is 0 Å². The molecule has 1 aliphatic rings. The average molecular weight is 281 g/mol. The Bertz CT molecular complexity index is 285. The molecule has 0 radical (unpaired) electrons. The first-order valence-electron chi connectivity index (χ1n) is 8.29. The Labute approximate surface area is 123 Å². The fourth-order valence-corrected chi connectivity index (χ4v) is 2.48. The van der Waals surface area contributed by atoms with Crippen molar-refractivity contribution >= 4 is 5.91 Å². The predicted molar refractivity (Wildman–Crippen MR) is 83.5 cm³/mol. The van der Waals surface area contributed by atoms with E-state index in [0.29, 0.717) is 11.7 Å². The number of unbranched alkanes of at least 4 members (excludes halogenated alkanes) is 9. The van der Waals surface area contributed by atoms with E-state index >= 15 is 0 Å². The summed E-state index contributed by atoms with van der Waals surface area (Å²) in [6, 6.07) is 0. The number of nitrogens with two attached hydrogens (primary N) is 1. The van der Waals surface area contributed by atoms with Crippen LogP contribution in [0.25, 0.3) is 0 Å². The van der Waals surface area contributed by atoms with Gasteiger partial charge in [0.1, 0.15) is 0 Å². The van der Waals surface area contributed by atoms with Crippen LogP contribution in [0, 0.1) is 0 Å². The van der Waals surface area contributed by atoms with Crippen molar-refractivity contribution in [3.8, 4) is 0 Å². The van der Waals surface area contributed by atoms with E-state index in [1.807, 2.05) is 0 Å². The van der Waals surface area contributed by atoms with Crippen LogP contribution in [0.3, 0.4) is 0 Å². The molecule has 1 aliphatic heterocycles. The number of rotatable bonds is 14. The fourth-order valence-electron chi connectivity index (χ4n) is 2.48. The van der Waals surface area contributed by atoms with Gasteiger partial charge in [0.2, 0.25) is 5.91 Å². The van der Waals surface area contributed by atoms with Gasteiger partial charge in [0.05, 0.1) is 12.7 Å². The van der Waals surface area contributed by atoms with Crippen molar-refractivity contribution in [1.82, 2.24) is 0 Å². The summed E-state index contributed by atoms with van der Waals surface area (Å²) >= 11 is 0. The summed E-state index contributed by atoms with van der Waals surface area (Å²) < 4.78 is 5.20. The number of ether oxygens (including phenoxy) is 1. The molecule has 0 aliphatic carbocycles. The molecule has 1 rings (SSSR count). The summed E-state index contributed by atoms with van der Waals surface area (Å²) in [5, 5.41) is 0. The predicted octanol–water partition coefficient (Wildman–Crippen LogP) is 4.11. The first-order valence-corrected chi connectivity index (χ1v) is 8.29. The van der Waals surface area contributed by atoms with Crippen LogP contribution in [0.5, 0.6) is 0 Å². The molecule has 0 aromatic rings. The van der Waals surface area contributed by atoms with Gasteiger partial charge in [-0.15, -0.1) is 0 Å². The Balaban J connectivity index is 1.69. The van der Waals surface area contributed by atoms with Crippen LogP contribution in [0.1, 0.15) is 77.0 Å². The quantitative estimate of drug-likeness (QED) is 0.296. The van der Waals surface area contributed by atoms with Crippen LogP contribution in [0.2, 0.25) is 0 Å².